The summed E-state index contributed by atoms with van der Waals surface area (Å²) in [6.07, 6.45) is -1.40. The molecule has 28 heavy (non-hydrogen) atoms. The number of likely N-dealkylation sites (tertiary alicyclic amines) is 1. The molecule has 0 N–H and O–H groups in total. The molecule has 3 rings (SSSR count). The van der Waals surface area contributed by atoms with Gasteiger partial charge in [0.1, 0.15) is 6.07 Å². The summed E-state index contributed by atoms with van der Waals surface area (Å²) in [6.45, 7) is 2.18. The van der Waals surface area contributed by atoms with E-state index in [2.05, 4.69) is 10.00 Å². The lowest BCUT2D eigenvalue weighted by atomic mass is 10.1. The minimum atomic E-state index is -4.60. The first-order valence-corrected chi connectivity index (χ1v) is 8.85. The average Bonchev–Trinajstić information content (AvgIpc) is 2.68. The quantitative estimate of drug-likeness (QED) is 0.791. The molecule has 0 amide bonds. The van der Waals surface area contributed by atoms with Crippen LogP contribution in [0.25, 0.3) is 5.69 Å². The van der Waals surface area contributed by atoms with Gasteiger partial charge in [0.05, 0.1) is 11.3 Å². The lowest BCUT2D eigenvalue weighted by Crippen LogP contribution is -2.45. The Bertz CT molecular complexity index is 1010. The number of nitriles is 1. The number of piperidine rings is 1. The molecule has 2 heterocycles. The van der Waals surface area contributed by atoms with E-state index in [0.29, 0.717) is 11.2 Å². The first kappa shape index (κ1) is 19.8. The smallest absolute Gasteiger partial charge is 0.302 e. The molecule has 1 saturated heterocycles. The van der Waals surface area contributed by atoms with Crippen LogP contribution < -0.4 is 11.2 Å². The van der Waals surface area contributed by atoms with Crippen LogP contribution in [0.1, 0.15) is 30.5 Å². The third-order valence-electron chi connectivity index (χ3n) is 4.67. The lowest BCUT2D eigenvalue weighted by Gasteiger charge is -2.26. The maximum absolute atomic E-state index is 13.0. The zero-order valence-electron chi connectivity index (χ0n) is 14.9. The molecule has 0 spiro atoms. The van der Waals surface area contributed by atoms with Crippen LogP contribution in [0.2, 0.25) is 0 Å². The fourth-order valence-corrected chi connectivity index (χ4v) is 3.19. The molecule has 0 bridgehead atoms. The zero-order valence-corrected chi connectivity index (χ0v) is 14.9. The Hall–Kier alpha value is -2.93. The fraction of sp³-hybridized carbons (Fsp3) is 0.444. The van der Waals surface area contributed by atoms with Gasteiger partial charge in [-0.15, -0.1) is 5.10 Å². The highest BCUT2D eigenvalue weighted by molar-refractivity contribution is 5.36. The summed E-state index contributed by atoms with van der Waals surface area (Å²) in [5.74, 6) is 0. The van der Waals surface area contributed by atoms with Gasteiger partial charge >= 0.3 is 11.9 Å². The first-order chi connectivity index (χ1) is 13.3. The van der Waals surface area contributed by atoms with Crippen molar-refractivity contribution in [3.8, 4) is 11.8 Å². The van der Waals surface area contributed by atoms with E-state index in [9.17, 15) is 28.0 Å². The molecule has 1 aliphatic heterocycles. The molecule has 1 fully saturated rings. The van der Waals surface area contributed by atoms with Crippen LogP contribution in [0.5, 0.6) is 0 Å². The van der Waals surface area contributed by atoms with Crippen LogP contribution in [0.3, 0.4) is 0 Å². The third-order valence-corrected chi connectivity index (χ3v) is 4.67. The van der Waals surface area contributed by atoms with Crippen molar-refractivity contribution in [1.82, 2.24) is 19.2 Å². The number of hydrogen-bond acceptors (Lipinski definition) is 5. The predicted octanol–water partition coefficient (Wildman–Crippen LogP) is 1.77. The van der Waals surface area contributed by atoms with Crippen LogP contribution in [0, 0.1) is 11.3 Å². The molecule has 0 unspecified atom stereocenters. The summed E-state index contributed by atoms with van der Waals surface area (Å²) in [4.78, 5) is 27.2. The van der Waals surface area contributed by atoms with Crippen molar-refractivity contribution in [2.45, 2.75) is 32.0 Å². The molecule has 2 aromatic rings. The minimum absolute atomic E-state index is 0.0355. The number of hydrogen-bond donors (Lipinski definition) is 0. The molecule has 0 aliphatic carbocycles. The normalized spacial score (nSPS) is 15.4. The Morgan fingerprint density at radius 3 is 2.46 bits per heavy atom. The second kappa shape index (κ2) is 7.98. The van der Waals surface area contributed by atoms with E-state index >= 15 is 0 Å². The molecule has 1 aliphatic rings. The van der Waals surface area contributed by atoms with Crippen LogP contribution in [-0.2, 0) is 12.7 Å². The maximum atomic E-state index is 13.0. The van der Waals surface area contributed by atoms with Crippen molar-refractivity contribution in [2.75, 3.05) is 19.6 Å². The average molecular weight is 393 g/mol. The molecule has 0 radical (unpaired) electrons. The highest BCUT2D eigenvalue weighted by atomic mass is 19.4. The third kappa shape index (κ3) is 4.14. The monoisotopic (exact) mass is 393 g/mol. The lowest BCUT2D eigenvalue weighted by molar-refractivity contribution is -0.137. The highest BCUT2D eigenvalue weighted by Gasteiger charge is 2.31. The van der Waals surface area contributed by atoms with Crippen LogP contribution in [-0.4, -0.2) is 38.9 Å². The van der Waals surface area contributed by atoms with E-state index in [4.69, 9.17) is 0 Å². The standard InChI is InChI=1S/C18H18F3N5O2/c19-18(20,21)13-5-4-6-14(11-13)26-17(28)25(16(27)15(12-22)23-26)10-9-24-7-2-1-3-8-24/h4-6,11H,1-3,7-10H2. The number of benzene rings is 1. The number of nitrogens with zero attached hydrogens (tertiary/aromatic N) is 5. The number of rotatable bonds is 4. The van der Waals surface area contributed by atoms with E-state index in [1.165, 1.54) is 6.07 Å². The Balaban J connectivity index is 2.02. The molecule has 10 heteroatoms. The highest BCUT2D eigenvalue weighted by Crippen LogP contribution is 2.29. The van der Waals surface area contributed by atoms with Crippen molar-refractivity contribution in [3.63, 3.8) is 0 Å². The minimum Gasteiger partial charge on any atom is -0.302 e. The molecular formula is C18H18F3N5O2. The van der Waals surface area contributed by atoms with Crippen molar-refractivity contribution < 1.29 is 13.2 Å². The van der Waals surface area contributed by atoms with Gasteiger partial charge in [0.2, 0.25) is 5.69 Å². The van der Waals surface area contributed by atoms with E-state index in [1.807, 2.05) is 0 Å². The topological polar surface area (TPSA) is 83.9 Å². The second-order valence-corrected chi connectivity index (χ2v) is 6.56. The molecule has 0 saturated carbocycles. The first-order valence-electron chi connectivity index (χ1n) is 8.85. The van der Waals surface area contributed by atoms with Gasteiger partial charge in [-0.3, -0.25) is 9.36 Å². The molecule has 0 atom stereocenters. The molecule has 1 aromatic heterocycles. The van der Waals surface area contributed by atoms with E-state index in [-0.39, 0.29) is 12.2 Å². The Labute approximate surface area is 158 Å². The summed E-state index contributed by atoms with van der Waals surface area (Å²) in [5, 5.41) is 12.8. The van der Waals surface area contributed by atoms with Crippen LogP contribution in [0.4, 0.5) is 13.2 Å². The van der Waals surface area contributed by atoms with Gasteiger partial charge < -0.3 is 4.90 Å². The summed E-state index contributed by atoms with van der Waals surface area (Å²) < 4.78 is 40.5. The van der Waals surface area contributed by atoms with Gasteiger partial charge in [0.15, 0.2) is 0 Å². The summed E-state index contributed by atoms with van der Waals surface area (Å²) >= 11 is 0. The van der Waals surface area contributed by atoms with Crippen molar-refractivity contribution in [1.29, 1.82) is 5.26 Å². The number of aromatic nitrogens is 3. The van der Waals surface area contributed by atoms with Gasteiger partial charge in [-0.1, -0.05) is 12.5 Å². The summed E-state index contributed by atoms with van der Waals surface area (Å²) in [5.41, 5.74) is -3.38. The van der Waals surface area contributed by atoms with Crippen molar-refractivity contribution in [2.24, 2.45) is 0 Å². The van der Waals surface area contributed by atoms with Crippen LogP contribution >= 0.6 is 0 Å². The fourth-order valence-electron chi connectivity index (χ4n) is 3.19. The molecule has 148 valence electrons. The molecule has 7 nitrogen and oxygen atoms in total. The molecule has 1 aromatic carbocycles. The summed E-state index contributed by atoms with van der Waals surface area (Å²) in [6, 6.07) is 5.65. The SMILES string of the molecule is N#Cc1nn(-c2cccc(C(F)(F)F)c2)c(=O)n(CCN2CCCCC2)c1=O. The second-order valence-electron chi connectivity index (χ2n) is 6.56. The van der Waals surface area contributed by atoms with Gasteiger partial charge in [-0.05, 0) is 44.1 Å². The van der Waals surface area contributed by atoms with Gasteiger partial charge in [0, 0.05) is 13.1 Å². The van der Waals surface area contributed by atoms with Gasteiger partial charge in [-0.25, -0.2) is 4.79 Å². The maximum Gasteiger partial charge on any atom is 0.416 e. The number of halogens is 3. The van der Waals surface area contributed by atoms with Gasteiger partial charge in [0.25, 0.3) is 5.56 Å². The zero-order chi connectivity index (χ0) is 20.3. The van der Waals surface area contributed by atoms with E-state index < -0.39 is 28.7 Å². The Morgan fingerprint density at radius 1 is 1.11 bits per heavy atom. The van der Waals surface area contributed by atoms with Crippen molar-refractivity contribution >= 4 is 0 Å². The number of alkyl halides is 3. The summed E-state index contributed by atoms with van der Waals surface area (Å²) in [7, 11) is 0. The molecular weight excluding hydrogens is 375 g/mol. The largest absolute Gasteiger partial charge is 0.416 e. The Morgan fingerprint density at radius 2 is 1.82 bits per heavy atom. The van der Waals surface area contributed by atoms with Crippen molar-refractivity contribution in [3.05, 3.63) is 56.4 Å². The van der Waals surface area contributed by atoms with Crippen LogP contribution in [0.15, 0.2) is 33.9 Å². The van der Waals surface area contributed by atoms with E-state index in [1.54, 1.807) is 6.07 Å². The van der Waals surface area contributed by atoms with E-state index in [0.717, 1.165) is 55.1 Å². The predicted molar refractivity (Wildman–Crippen MR) is 94.1 cm³/mol. The Kier molecular flexibility index (Phi) is 5.65. The van der Waals surface area contributed by atoms with Gasteiger partial charge in [-0.2, -0.15) is 23.1 Å².